The fraction of sp³-hybridized carbons (Fsp3) is 0.524. The zero-order valence-electron chi connectivity index (χ0n) is 16.3. The topological polar surface area (TPSA) is 47.4 Å². The molecule has 146 valence electrons. The van der Waals surface area contributed by atoms with Crippen LogP contribution in [0.1, 0.15) is 43.6 Å². The molecule has 27 heavy (non-hydrogen) atoms. The molecular weight excluding hydrogens is 345 g/mol. The van der Waals surface area contributed by atoms with E-state index in [1.165, 1.54) is 12.1 Å². The summed E-state index contributed by atoms with van der Waals surface area (Å²) in [5.74, 6) is 0.807. The first kappa shape index (κ1) is 19.4. The van der Waals surface area contributed by atoms with Crippen LogP contribution in [-0.4, -0.2) is 40.3 Å². The maximum Gasteiger partial charge on any atom is 0.247 e. The number of carbonyl (C=O) groups excluding carboxylic acids is 1. The first-order valence-electron chi connectivity index (χ1n) is 9.67. The minimum atomic E-state index is -0.272. The summed E-state index contributed by atoms with van der Waals surface area (Å²) in [6.07, 6.45) is 2.71. The number of likely N-dealkylation sites (tertiary alicyclic amines) is 1. The Kier molecular flexibility index (Phi) is 6.14. The summed E-state index contributed by atoms with van der Waals surface area (Å²) in [6.45, 7) is 7.97. The Morgan fingerprint density at radius 2 is 2.07 bits per heavy atom. The Hall–Kier alpha value is -2.37. The Balaban J connectivity index is 1.61. The lowest BCUT2D eigenvalue weighted by Crippen LogP contribution is -2.45. The van der Waals surface area contributed by atoms with E-state index in [-0.39, 0.29) is 23.7 Å². The molecule has 2 aromatic rings. The number of hydrogen-bond donors (Lipinski definition) is 0. The molecule has 1 amide bonds. The minimum Gasteiger partial charge on any atom is -0.493 e. The fourth-order valence-electron chi connectivity index (χ4n) is 3.77. The standard InChI is InChI=1S/C21H28FN3O2/c1-4-20(25-16(3)12-15(2)23-25)21(26)24-11-5-6-17(13-24)14-27-19-9-7-18(22)8-10-19/h7-10,12,17,20H,4-6,11,13-14H2,1-3H3/t17-,20+/m0/s1. The molecule has 3 rings (SSSR count). The second kappa shape index (κ2) is 8.55. The molecule has 0 bridgehead atoms. The van der Waals surface area contributed by atoms with Gasteiger partial charge in [0.05, 0.1) is 12.3 Å². The molecule has 5 nitrogen and oxygen atoms in total. The Labute approximate surface area is 160 Å². The van der Waals surface area contributed by atoms with E-state index in [1.807, 2.05) is 36.4 Å². The highest BCUT2D eigenvalue weighted by Crippen LogP contribution is 2.24. The maximum absolute atomic E-state index is 13.1. The van der Waals surface area contributed by atoms with Gasteiger partial charge in [0.1, 0.15) is 17.6 Å². The summed E-state index contributed by atoms with van der Waals surface area (Å²) in [7, 11) is 0. The summed E-state index contributed by atoms with van der Waals surface area (Å²) in [5, 5.41) is 4.51. The second-order valence-electron chi connectivity index (χ2n) is 7.35. The number of halogens is 1. The molecule has 0 radical (unpaired) electrons. The lowest BCUT2D eigenvalue weighted by atomic mass is 9.98. The van der Waals surface area contributed by atoms with E-state index in [9.17, 15) is 9.18 Å². The normalized spacial score (nSPS) is 18.4. The van der Waals surface area contributed by atoms with Gasteiger partial charge in [-0.3, -0.25) is 9.48 Å². The molecule has 1 fully saturated rings. The number of piperidine rings is 1. The van der Waals surface area contributed by atoms with Gasteiger partial charge in [0.2, 0.25) is 5.91 Å². The molecule has 0 aliphatic carbocycles. The van der Waals surface area contributed by atoms with E-state index in [4.69, 9.17) is 4.74 Å². The second-order valence-corrected chi connectivity index (χ2v) is 7.35. The Bertz CT molecular complexity index is 772. The number of ether oxygens (including phenoxy) is 1. The van der Waals surface area contributed by atoms with Crippen LogP contribution in [0.3, 0.4) is 0 Å². The van der Waals surface area contributed by atoms with Crippen LogP contribution in [0.4, 0.5) is 4.39 Å². The van der Waals surface area contributed by atoms with Gasteiger partial charge >= 0.3 is 0 Å². The number of hydrogen-bond acceptors (Lipinski definition) is 3. The average Bonchev–Trinajstić information content (AvgIpc) is 3.00. The number of rotatable bonds is 6. The highest BCUT2D eigenvalue weighted by Gasteiger charge is 2.30. The first-order valence-corrected chi connectivity index (χ1v) is 9.67. The number of carbonyl (C=O) groups is 1. The van der Waals surface area contributed by atoms with Crippen LogP contribution in [0, 0.1) is 25.6 Å². The van der Waals surface area contributed by atoms with Crippen LogP contribution in [0.2, 0.25) is 0 Å². The van der Waals surface area contributed by atoms with Crippen molar-refractivity contribution in [2.75, 3.05) is 19.7 Å². The predicted octanol–water partition coefficient (Wildman–Crippen LogP) is 3.91. The molecule has 2 atom stereocenters. The molecule has 1 saturated heterocycles. The maximum atomic E-state index is 13.1. The van der Waals surface area contributed by atoms with Crippen molar-refractivity contribution in [1.82, 2.24) is 14.7 Å². The van der Waals surface area contributed by atoms with Gasteiger partial charge in [-0.25, -0.2) is 4.39 Å². The van der Waals surface area contributed by atoms with Gasteiger partial charge in [0.15, 0.2) is 0 Å². The van der Waals surface area contributed by atoms with E-state index < -0.39 is 0 Å². The highest BCUT2D eigenvalue weighted by atomic mass is 19.1. The molecule has 0 unspecified atom stereocenters. The van der Waals surface area contributed by atoms with Crippen molar-refractivity contribution in [3.63, 3.8) is 0 Å². The summed E-state index contributed by atoms with van der Waals surface area (Å²) < 4.78 is 20.7. The van der Waals surface area contributed by atoms with Crippen LogP contribution in [0.5, 0.6) is 5.75 Å². The third kappa shape index (κ3) is 4.67. The van der Waals surface area contributed by atoms with Gasteiger partial charge in [0.25, 0.3) is 0 Å². The van der Waals surface area contributed by atoms with Gasteiger partial charge < -0.3 is 9.64 Å². The molecule has 1 aromatic carbocycles. The predicted molar refractivity (Wildman–Crippen MR) is 102 cm³/mol. The fourth-order valence-corrected chi connectivity index (χ4v) is 3.77. The number of nitrogens with zero attached hydrogens (tertiary/aromatic N) is 3. The van der Waals surface area contributed by atoms with Crippen molar-refractivity contribution in [3.05, 3.63) is 47.5 Å². The quantitative estimate of drug-likeness (QED) is 0.771. The molecule has 0 saturated carbocycles. The van der Waals surface area contributed by atoms with Crippen molar-refractivity contribution >= 4 is 5.91 Å². The van der Waals surface area contributed by atoms with Gasteiger partial charge in [0, 0.05) is 24.7 Å². The molecule has 1 aromatic heterocycles. The number of aromatic nitrogens is 2. The first-order chi connectivity index (χ1) is 13.0. The number of aryl methyl sites for hydroxylation is 2. The summed E-state index contributed by atoms with van der Waals surface area (Å²) in [5.41, 5.74) is 1.95. The van der Waals surface area contributed by atoms with Crippen molar-refractivity contribution in [2.45, 2.75) is 46.1 Å². The summed E-state index contributed by atoms with van der Waals surface area (Å²) in [6, 6.07) is 7.81. The molecule has 0 spiro atoms. The molecule has 6 heteroatoms. The van der Waals surface area contributed by atoms with E-state index in [2.05, 4.69) is 5.10 Å². The van der Waals surface area contributed by atoms with Gasteiger partial charge in [-0.2, -0.15) is 5.10 Å². The smallest absolute Gasteiger partial charge is 0.247 e. The molecule has 1 aliphatic heterocycles. The Morgan fingerprint density at radius 1 is 1.33 bits per heavy atom. The number of amides is 1. The zero-order chi connectivity index (χ0) is 19.4. The van der Waals surface area contributed by atoms with Crippen molar-refractivity contribution in [3.8, 4) is 5.75 Å². The average molecular weight is 373 g/mol. The largest absolute Gasteiger partial charge is 0.493 e. The highest BCUT2D eigenvalue weighted by molar-refractivity contribution is 5.80. The third-order valence-corrected chi connectivity index (χ3v) is 5.14. The number of benzene rings is 1. The van der Waals surface area contributed by atoms with Crippen LogP contribution in [0.25, 0.3) is 0 Å². The molecule has 1 aliphatic rings. The molecule has 0 N–H and O–H groups in total. The van der Waals surface area contributed by atoms with Crippen LogP contribution in [0.15, 0.2) is 30.3 Å². The zero-order valence-corrected chi connectivity index (χ0v) is 16.3. The van der Waals surface area contributed by atoms with Crippen LogP contribution in [-0.2, 0) is 4.79 Å². The van der Waals surface area contributed by atoms with Gasteiger partial charge in [-0.05, 0) is 63.4 Å². The summed E-state index contributed by atoms with van der Waals surface area (Å²) >= 11 is 0. The van der Waals surface area contributed by atoms with Crippen molar-refractivity contribution in [2.24, 2.45) is 5.92 Å². The van der Waals surface area contributed by atoms with E-state index in [0.29, 0.717) is 25.3 Å². The monoisotopic (exact) mass is 373 g/mol. The van der Waals surface area contributed by atoms with Gasteiger partial charge in [-0.1, -0.05) is 6.92 Å². The third-order valence-electron chi connectivity index (χ3n) is 5.14. The van der Waals surface area contributed by atoms with E-state index in [1.54, 1.807) is 12.1 Å². The van der Waals surface area contributed by atoms with Gasteiger partial charge in [-0.15, -0.1) is 0 Å². The van der Waals surface area contributed by atoms with Crippen molar-refractivity contribution in [1.29, 1.82) is 0 Å². The SMILES string of the molecule is CC[C@H](C(=O)N1CCC[C@H](COc2ccc(F)cc2)C1)n1nc(C)cc1C. The Morgan fingerprint density at radius 3 is 2.70 bits per heavy atom. The lowest BCUT2D eigenvalue weighted by molar-refractivity contribution is -0.137. The summed E-state index contributed by atoms with van der Waals surface area (Å²) in [4.78, 5) is 15.1. The molecular formula is C21H28FN3O2. The molecule has 2 heterocycles. The van der Waals surface area contributed by atoms with E-state index in [0.717, 1.165) is 30.8 Å². The van der Waals surface area contributed by atoms with Crippen LogP contribution >= 0.6 is 0 Å². The van der Waals surface area contributed by atoms with Crippen LogP contribution < -0.4 is 4.74 Å². The minimum absolute atomic E-state index is 0.134. The van der Waals surface area contributed by atoms with Crippen molar-refractivity contribution < 1.29 is 13.9 Å². The van der Waals surface area contributed by atoms with E-state index >= 15 is 0 Å². The lowest BCUT2D eigenvalue weighted by Gasteiger charge is -2.35.